The van der Waals surface area contributed by atoms with Gasteiger partial charge in [-0.1, -0.05) is 11.6 Å². The summed E-state index contributed by atoms with van der Waals surface area (Å²) in [6.45, 7) is 1.47. The Kier molecular flexibility index (Phi) is 2.58. The van der Waals surface area contributed by atoms with E-state index in [1.807, 2.05) is 0 Å². The van der Waals surface area contributed by atoms with E-state index >= 15 is 0 Å². The summed E-state index contributed by atoms with van der Waals surface area (Å²) in [5.74, 6) is -1.28. The SMILES string of the molecule is Cc1nc(N)c(C#N)c(Cl)c1C(=O)O. The van der Waals surface area contributed by atoms with E-state index in [0.717, 1.165) is 0 Å². The lowest BCUT2D eigenvalue weighted by Crippen LogP contribution is -2.07. The van der Waals surface area contributed by atoms with E-state index < -0.39 is 5.97 Å². The molecule has 0 radical (unpaired) electrons. The summed E-state index contributed by atoms with van der Waals surface area (Å²) in [4.78, 5) is 14.5. The minimum Gasteiger partial charge on any atom is -0.478 e. The van der Waals surface area contributed by atoms with Gasteiger partial charge >= 0.3 is 5.97 Å². The lowest BCUT2D eigenvalue weighted by molar-refractivity contribution is 0.0696. The second kappa shape index (κ2) is 3.52. The van der Waals surface area contributed by atoms with Gasteiger partial charge in [-0.05, 0) is 6.92 Å². The zero-order valence-electron chi connectivity index (χ0n) is 7.21. The zero-order valence-corrected chi connectivity index (χ0v) is 7.96. The standard InChI is InChI=1S/C8H6ClN3O2/c1-3-5(8(13)14)6(9)4(2-10)7(11)12-3/h1H3,(H2,11,12)(H,13,14). The summed E-state index contributed by atoms with van der Waals surface area (Å²) in [6, 6.07) is 1.70. The molecular formula is C8H6ClN3O2. The molecule has 1 rings (SSSR count). The number of hydrogen-bond donors (Lipinski definition) is 2. The summed E-state index contributed by atoms with van der Waals surface area (Å²) < 4.78 is 0. The van der Waals surface area contributed by atoms with Crippen molar-refractivity contribution in [1.29, 1.82) is 5.26 Å². The third-order valence-corrected chi connectivity index (χ3v) is 2.05. The Morgan fingerprint density at radius 1 is 1.71 bits per heavy atom. The molecule has 1 aromatic rings. The number of pyridine rings is 1. The van der Waals surface area contributed by atoms with Crippen LogP contribution in [0, 0.1) is 18.3 Å². The van der Waals surface area contributed by atoms with Gasteiger partial charge in [-0.3, -0.25) is 0 Å². The third-order valence-electron chi connectivity index (χ3n) is 1.67. The van der Waals surface area contributed by atoms with Gasteiger partial charge in [-0.25, -0.2) is 9.78 Å². The van der Waals surface area contributed by atoms with Gasteiger partial charge < -0.3 is 10.8 Å². The van der Waals surface area contributed by atoms with Crippen molar-refractivity contribution in [3.63, 3.8) is 0 Å². The van der Waals surface area contributed by atoms with Crippen LogP contribution < -0.4 is 5.73 Å². The predicted molar refractivity (Wildman–Crippen MR) is 50.1 cm³/mol. The van der Waals surface area contributed by atoms with Crippen LogP contribution in [0.1, 0.15) is 21.6 Å². The minimum absolute atomic E-state index is 0.0556. The molecule has 1 aromatic heterocycles. The number of nitrogens with two attached hydrogens (primary N) is 1. The molecule has 0 aliphatic carbocycles. The number of aromatic nitrogens is 1. The maximum Gasteiger partial charge on any atom is 0.339 e. The van der Waals surface area contributed by atoms with Crippen LogP contribution in [0.3, 0.4) is 0 Å². The molecular weight excluding hydrogens is 206 g/mol. The lowest BCUT2D eigenvalue weighted by Gasteiger charge is -2.06. The Bertz CT molecular complexity index is 451. The largest absolute Gasteiger partial charge is 0.478 e. The lowest BCUT2D eigenvalue weighted by atomic mass is 10.1. The molecule has 1 heterocycles. The highest BCUT2D eigenvalue weighted by Crippen LogP contribution is 2.26. The highest BCUT2D eigenvalue weighted by molar-refractivity contribution is 6.35. The minimum atomic E-state index is -1.23. The fraction of sp³-hybridized carbons (Fsp3) is 0.125. The molecule has 0 bridgehead atoms. The number of anilines is 1. The first-order valence-corrected chi connectivity index (χ1v) is 3.95. The van der Waals surface area contributed by atoms with Gasteiger partial charge in [0.05, 0.1) is 10.7 Å². The van der Waals surface area contributed by atoms with Crippen molar-refractivity contribution in [2.45, 2.75) is 6.92 Å². The number of nitrogen functional groups attached to an aromatic ring is 1. The first-order chi connectivity index (χ1) is 6.49. The van der Waals surface area contributed by atoms with Gasteiger partial charge in [-0.2, -0.15) is 5.26 Å². The molecule has 0 atom stereocenters. The quantitative estimate of drug-likeness (QED) is 0.727. The van der Waals surface area contributed by atoms with Gasteiger partial charge in [0.2, 0.25) is 0 Å². The molecule has 0 saturated heterocycles. The van der Waals surface area contributed by atoms with Crippen molar-refractivity contribution >= 4 is 23.4 Å². The average Bonchev–Trinajstić information content (AvgIpc) is 2.02. The molecule has 6 heteroatoms. The number of carboxylic acid groups (broad SMARTS) is 1. The number of aromatic carboxylic acids is 1. The molecule has 72 valence electrons. The number of carboxylic acids is 1. The Labute approximate surface area is 84.7 Å². The molecule has 5 nitrogen and oxygen atoms in total. The van der Waals surface area contributed by atoms with Crippen LogP contribution in [0.15, 0.2) is 0 Å². The van der Waals surface area contributed by atoms with E-state index in [2.05, 4.69) is 4.98 Å². The van der Waals surface area contributed by atoms with Crippen LogP contribution >= 0.6 is 11.6 Å². The Hall–Kier alpha value is -1.80. The molecule has 0 amide bonds. The number of hydrogen-bond acceptors (Lipinski definition) is 4. The van der Waals surface area contributed by atoms with Crippen LogP contribution in [0.2, 0.25) is 5.02 Å². The molecule has 0 aliphatic rings. The monoisotopic (exact) mass is 211 g/mol. The third kappa shape index (κ3) is 1.47. The van der Waals surface area contributed by atoms with E-state index in [9.17, 15) is 4.79 Å². The summed E-state index contributed by atoms with van der Waals surface area (Å²) in [6.07, 6.45) is 0. The van der Waals surface area contributed by atoms with Crippen molar-refractivity contribution in [3.8, 4) is 6.07 Å². The topological polar surface area (TPSA) is 100 Å². The number of carbonyl (C=O) groups is 1. The molecule has 14 heavy (non-hydrogen) atoms. The highest BCUT2D eigenvalue weighted by Gasteiger charge is 2.19. The van der Waals surface area contributed by atoms with Gasteiger partial charge in [0.25, 0.3) is 0 Å². The average molecular weight is 212 g/mol. The molecule has 0 unspecified atom stereocenters. The molecule has 0 spiro atoms. The Morgan fingerprint density at radius 2 is 2.29 bits per heavy atom. The normalized spacial score (nSPS) is 9.50. The van der Waals surface area contributed by atoms with Gasteiger partial charge in [0.1, 0.15) is 23.0 Å². The van der Waals surface area contributed by atoms with Crippen LogP contribution in [0.5, 0.6) is 0 Å². The summed E-state index contributed by atoms with van der Waals surface area (Å²) in [5, 5.41) is 17.3. The molecule has 0 aliphatic heterocycles. The van der Waals surface area contributed by atoms with Crippen LogP contribution in [0.25, 0.3) is 0 Å². The molecule has 0 aromatic carbocycles. The van der Waals surface area contributed by atoms with Gasteiger partial charge in [0, 0.05) is 0 Å². The van der Waals surface area contributed by atoms with Crippen molar-refractivity contribution in [1.82, 2.24) is 4.98 Å². The van der Waals surface area contributed by atoms with Crippen molar-refractivity contribution in [2.75, 3.05) is 5.73 Å². The van der Waals surface area contributed by atoms with E-state index in [1.165, 1.54) is 6.92 Å². The number of rotatable bonds is 1. The second-order valence-electron chi connectivity index (χ2n) is 2.56. The predicted octanol–water partition coefficient (Wildman–Crippen LogP) is 1.20. The molecule has 0 fully saturated rings. The van der Waals surface area contributed by atoms with E-state index in [-0.39, 0.29) is 27.7 Å². The van der Waals surface area contributed by atoms with E-state index in [0.29, 0.717) is 0 Å². The van der Waals surface area contributed by atoms with E-state index in [1.54, 1.807) is 6.07 Å². The van der Waals surface area contributed by atoms with Crippen LogP contribution in [0.4, 0.5) is 5.82 Å². The summed E-state index contributed by atoms with van der Waals surface area (Å²) in [7, 11) is 0. The van der Waals surface area contributed by atoms with Crippen molar-refractivity contribution in [2.24, 2.45) is 0 Å². The maximum absolute atomic E-state index is 10.7. The molecule has 3 N–H and O–H groups in total. The first kappa shape index (κ1) is 10.3. The van der Waals surface area contributed by atoms with Crippen LogP contribution in [-0.2, 0) is 0 Å². The number of halogens is 1. The number of nitrogens with zero attached hydrogens (tertiary/aromatic N) is 2. The van der Waals surface area contributed by atoms with Crippen LogP contribution in [-0.4, -0.2) is 16.1 Å². The second-order valence-corrected chi connectivity index (χ2v) is 2.94. The summed E-state index contributed by atoms with van der Waals surface area (Å²) in [5.41, 5.74) is 5.30. The smallest absolute Gasteiger partial charge is 0.339 e. The number of nitriles is 1. The Morgan fingerprint density at radius 3 is 2.71 bits per heavy atom. The van der Waals surface area contributed by atoms with Crippen molar-refractivity contribution in [3.05, 3.63) is 21.8 Å². The fourth-order valence-corrected chi connectivity index (χ4v) is 1.40. The summed E-state index contributed by atoms with van der Waals surface area (Å²) >= 11 is 5.69. The highest BCUT2D eigenvalue weighted by atomic mass is 35.5. The molecule has 0 saturated carbocycles. The maximum atomic E-state index is 10.7. The zero-order chi connectivity index (χ0) is 10.9. The van der Waals surface area contributed by atoms with E-state index in [4.69, 9.17) is 27.7 Å². The van der Waals surface area contributed by atoms with Crippen molar-refractivity contribution < 1.29 is 9.90 Å². The number of aryl methyl sites for hydroxylation is 1. The Balaban J connectivity index is 3.62. The van der Waals surface area contributed by atoms with Gasteiger partial charge in [-0.15, -0.1) is 0 Å². The first-order valence-electron chi connectivity index (χ1n) is 3.58. The van der Waals surface area contributed by atoms with Gasteiger partial charge in [0.15, 0.2) is 0 Å². The fourth-order valence-electron chi connectivity index (χ4n) is 1.04.